The number of anilines is 1. The molecule has 1 fully saturated rings. The molecule has 0 radical (unpaired) electrons. The van der Waals surface area contributed by atoms with Gasteiger partial charge in [-0.1, -0.05) is 48.5 Å². The molecule has 2 nitrogen and oxygen atoms in total. The second kappa shape index (κ2) is 6.29. The standard InChI is InChI=1S/C17H19ClN2/c18-20-12-11-16(19-15-9-5-2-6-10-15)13-17(20)14-7-3-1-4-8-14/h1-10,16-17,19H,11-13H2. The van der Waals surface area contributed by atoms with Gasteiger partial charge in [0.05, 0.1) is 6.04 Å². The van der Waals surface area contributed by atoms with Gasteiger partial charge in [-0.25, -0.2) is 4.42 Å². The van der Waals surface area contributed by atoms with E-state index in [4.69, 9.17) is 11.8 Å². The fourth-order valence-electron chi connectivity index (χ4n) is 2.81. The summed E-state index contributed by atoms with van der Waals surface area (Å²) in [6.07, 6.45) is 2.10. The Morgan fingerprint density at radius 1 is 0.950 bits per heavy atom. The molecule has 1 N–H and O–H groups in total. The molecule has 3 heteroatoms. The number of benzene rings is 2. The average molecular weight is 287 g/mol. The lowest BCUT2D eigenvalue weighted by Gasteiger charge is -2.36. The Hall–Kier alpha value is -1.51. The van der Waals surface area contributed by atoms with Crippen molar-refractivity contribution in [3.63, 3.8) is 0 Å². The van der Waals surface area contributed by atoms with Gasteiger partial charge in [-0.3, -0.25) is 0 Å². The zero-order valence-electron chi connectivity index (χ0n) is 11.4. The minimum Gasteiger partial charge on any atom is -0.382 e. The first-order valence-corrected chi connectivity index (χ1v) is 7.45. The Labute approximate surface area is 125 Å². The van der Waals surface area contributed by atoms with Gasteiger partial charge in [0.1, 0.15) is 0 Å². The van der Waals surface area contributed by atoms with E-state index in [2.05, 4.69) is 53.8 Å². The molecule has 0 saturated carbocycles. The lowest BCUT2D eigenvalue weighted by molar-refractivity contribution is 0.253. The van der Waals surface area contributed by atoms with Crippen molar-refractivity contribution in [1.82, 2.24) is 4.42 Å². The molecule has 0 amide bonds. The Morgan fingerprint density at radius 2 is 1.60 bits per heavy atom. The van der Waals surface area contributed by atoms with Crippen LogP contribution in [0.1, 0.15) is 24.4 Å². The summed E-state index contributed by atoms with van der Waals surface area (Å²) in [6.45, 7) is 0.908. The van der Waals surface area contributed by atoms with E-state index >= 15 is 0 Å². The summed E-state index contributed by atoms with van der Waals surface area (Å²) in [5.41, 5.74) is 2.48. The molecular formula is C17H19ClN2. The first-order valence-electron chi connectivity index (χ1n) is 7.12. The van der Waals surface area contributed by atoms with Crippen molar-refractivity contribution >= 4 is 17.5 Å². The van der Waals surface area contributed by atoms with Crippen molar-refractivity contribution in [2.24, 2.45) is 0 Å². The minimum atomic E-state index is 0.285. The van der Waals surface area contributed by atoms with Gasteiger partial charge >= 0.3 is 0 Å². The summed E-state index contributed by atoms with van der Waals surface area (Å²) < 4.78 is 1.94. The normalized spacial score (nSPS) is 23.4. The number of hydrogen-bond acceptors (Lipinski definition) is 2. The second-order valence-electron chi connectivity index (χ2n) is 5.28. The maximum Gasteiger partial charge on any atom is 0.0520 e. The lowest BCUT2D eigenvalue weighted by atomic mass is 9.93. The highest BCUT2D eigenvalue weighted by molar-refractivity contribution is 6.13. The summed E-state index contributed by atoms with van der Waals surface area (Å²) in [6, 6.07) is 21.7. The zero-order valence-corrected chi connectivity index (χ0v) is 12.1. The van der Waals surface area contributed by atoms with Crippen LogP contribution in [0.3, 0.4) is 0 Å². The maximum atomic E-state index is 6.39. The van der Waals surface area contributed by atoms with E-state index in [9.17, 15) is 0 Å². The smallest absolute Gasteiger partial charge is 0.0520 e. The largest absolute Gasteiger partial charge is 0.382 e. The van der Waals surface area contributed by atoms with Crippen LogP contribution in [0.25, 0.3) is 0 Å². The van der Waals surface area contributed by atoms with E-state index in [0.29, 0.717) is 6.04 Å². The summed E-state index contributed by atoms with van der Waals surface area (Å²) in [7, 11) is 0. The van der Waals surface area contributed by atoms with Crippen LogP contribution < -0.4 is 5.32 Å². The number of hydrogen-bond donors (Lipinski definition) is 1. The number of piperidine rings is 1. The van der Waals surface area contributed by atoms with Gasteiger partial charge < -0.3 is 5.32 Å². The summed E-state index contributed by atoms with van der Waals surface area (Å²) in [5.74, 6) is 0. The Bertz CT molecular complexity index is 529. The fourth-order valence-corrected chi connectivity index (χ4v) is 3.10. The molecule has 1 heterocycles. The third kappa shape index (κ3) is 3.14. The maximum absolute atomic E-state index is 6.39. The van der Waals surface area contributed by atoms with Gasteiger partial charge in [0, 0.05) is 18.3 Å². The third-order valence-electron chi connectivity index (χ3n) is 3.87. The number of rotatable bonds is 3. The number of nitrogens with one attached hydrogen (secondary N) is 1. The van der Waals surface area contributed by atoms with Crippen LogP contribution >= 0.6 is 11.8 Å². The van der Waals surface area contributed by atoms with Crippen LogP contribution in [-0.4, -0.2) is 17.0 Å². The molecule has 2 aromatic carbocycles. The molecule has 0 aromatic heterocycles. The molecule has 2 unspecified atom stereocenters. The molecule has 20 heavy (non-hydrogen) atoms. The molecule has 104 valence electrons. The third-order valence-corrected chi connectivity index (χ3v) is 4.27. The fraction of sp³-hybridized carbons (Fsp3) is 0.294. The van der Waals surface area contributed by atoms with Crippen LogP contribution in [0.4, 0.5) is 5.69 Å². The SMILES string of the molecule is ClN1CCC(Nc2ccccc2)CC1c1ccccc1. The van der Waals surface area contributed by atoms with E-state index in [-0.39, 0.29) is 6.04 Å². The lowest BCUT2D eigenvalue weighted by Crippen LogP contribution is -2.36. The van der Waals surface area contributed by atoms with Crippen molar-refractivity contribution in [2.75, 3.05) is 11.9 Å². The Balaban J connectivity index is 1.70. The highest BCUT2D eigenvalue weighted by Gasteiger charge is 2.28. The van der Waals surface area contributed by atoms with Crippen molar-refractivity contribution in [2.45, 2.75) is 24.9 Å². The highest BCUT2D eigenvalue weighted by Crippen LogP contribution is 2.33. The molecule has 0 aliphatic carbocycles. The number of nitrogens with zero attached hydrogens (tertiary/aromatic N) is 1. The summed E-state index contributed by atoms with van der Waals surface area (Å²) in [4.78, 5) is 0. The number of halogens is 1. The molecule has 0 spiro atoms. The average Bonchev–Trinajstić information content (AvgIpc) is 2.51. The molecule has 1 saturated heterocycles. The van der Waals surface area contributed by atoms with Gasteiger partial charge in [-0.05, 0) is 42.3 Å². The molecule has 1 aliphatic rings. The zero-order chi connectivity index (χ0) is 13.8. The first-order chi connectivity index (χ1) is 9.83. The van der Waals surface area contributed by atoms with Crippen LogP contribution in [0.15, 0.2) is 60.7 Å². The van der Waals surface area contributed by atoms with Gasteiger partial charge in [0.15, 0.2) is 0 Å². The molecule has 1 aliphatic heterocycles. The molecule has 3 rings (SSSR count). The monoisotopic (exact) mass is 286 g/mol. The quantitative estimate of drug-likeness (QED) is 0.838. The Morgan fingerprint density at radius 3 is 2.30 bits per heavy atom. The van der Waals surface area contributed by atoms with Gasteiger partial charge in [-0.2, -0.15) is 0 Å². The van der Waals surface area contributed by atoms with Crippen molar-refractivity contribution in [3.8, 4) is 0 Å². The van der Waals surface area contributed by atoms with Crippen LogP contribution in [0.5, 0.6) is 0 Å². The van der Waals surface area contributed by atoms with E-state index in [0.717, 1.165) is 19.4 Å². The predicted molar refractivity (Wildman–Crippen MR) is 84.8 cm³/mol. The van der Waals surface area contributed by atoms with Crippen molar-refractivity contribution < 1.29 is 0 Å². The topological polar surface area (TPSA) is 15.3 Å². The number of para-hydroxylation sites is 1. The predicted octanol–water partition coefficient (Wildman–Crippen LogP) is 4.46. The van der Waals surface area contributed by atoms with Gasteiger partial charge in [-0.15, -0.1) is 0 Å². The molecular weight excluding hydrogens is 268 g/mol. The first kappa shape index (κ1) is 13.5. The summed E-state index contributed by atoms with van der Waals surface area (Å²) in [5, 5.41) is 3.62. The van der Waals surface area contributed by atoms with Gasteiger partial charge in [0.2, 0.25) is 0 Å². The molecule has 2 aromatic rings. The Kier molecular flexibility index (Phi) is 4.24. The van der Waals surface area contributed by atoms with Crippen LogP contribution in [-0.2, 0) is 0 Å². The molecule has 0 bridgehead atoms. The minimum absolute atomic E-state index is 0.285. The molecule has 2 atom stereocenters. The van der Waals surface area contributed by atoms with Crippen LogP contribution in [0.2, 0.25) is 0 Å². The second-order valence-corrected chi connectivity index (χ2v) is 5.72. The van der Waals surface area contributed by atoms with E-state index in [1.54, 1.807) is 0 Å². The summed E-state index contributed by atoms with van der Waals surface area (Å²) >= 11 is 6.39. The van der Waals surface area contributed by atoms with E-state index in [1.807, 2.05) is 16.6 Å². The van der Waals surface area contributed by atoms with E-state index < -0.39 is 0 Å². The van der Waals surface area contributed by atoms with E-state index in [1.165, 1.54) is 11.3 Å². The van der Waals surface area contributed by atoms with Crippen LogP contribution in [0, 0.1) is 0 Å². The van der Waals surface area contributed by atoms with Crippen molar-refractivity contribution in [3.05, 3.63) is 66.2 Å². The van der Waals surface area contributed by atoms with Crippen molar-refractivity contribution in [1.29, 1.82) is 0 Å². The highest BCUT2D eigenvalue weighted by atomic mass is 35.5. The van der Waals surface area contributed by atoms with Gasteiger partial charge in [0.25, 0.3) is 0 Å².